The number of aryl methyl sites for hydroxylation is 1. The van der Waals surface area contributed by atoms with Gasteiger partial charge in [-0.3, -0.25) is 0 Å². The third-order valence-electron chi connectivity index (χ3n) is 5.79. The lowest BCUT2D eigenvalue weighted by Crippen LogP contribution is -2.35. The molecule has 0 N–H and O–H groups in total. The second-order valence-electron chi connectivity index (χ2n) is 7.41. The van der Waals surface area contributed by atoms with Crippen molar-refractivity contribution in [3.8, 4) is 0 Å². The van der Waals surface area contributed by atoms with E-state index in [0.717, 1.165) is 11.4 Å². The molecule has 0 spiro atoms. The van der Waals surface area contributed by atoms with E-state index in [1.54, 1.807) is 12.1 Å². The minimum Gasteiger partial charge on any atom is -0.370 e. The largest absolute Gasteiger partial charge is 0.370 e. The van der Waals surface area contributed by atoms with E-state index in [1.165, 1.54) is 6.26 Å². The second kappa shape index (κ2) is 5.53. The summed E-state index contributed by atoms with van der Waals surface area (Å²) in [7, 11) is 3.76. The summed E-state index contributed by atoms with van der Waals surface area (Å²) in [6.07, 6.45) is 1.80. The smallest absolute Gasteiger partial charge is 0.265 e. The monoisotopic (exact) mass is 360 g/mol. The maximum atomic E-state index is 14.9. The van der Waals surface area contributed by atoms with Crippen LogP contribution in [0.4, 0.5) is 14.6 Å². The quantitative estimate of drug-likeness (QED) is 0.837. The van der Waals surface area contributed by atoms with Crippen LogP contribution in [0.15, 0.2) is 35.6 Å². The van der Waals surface area contributed by atoms with Gasteiger partial charge in [0.25, 0.3) is 5.92 Å². The minimum atomic E-state index is -2.77. The molecule has 138 valence electrons. The summed E-state index contributed by atoms with van der Waals surface area (Å²) in [4.78, 5) is 8.35. The van der Waals surface area contributed by atoms with Crippen LogP contribution in [-0.4, -0.2) is 48.1 Å². The third-order valence-corrected chi connectivity index (χ3v) is 5.79. The van der Waals surface area contributed by atoms with Gasteiger partial charge in [-0.25, -0.2) is 13.8 Å². The van der Waals surface area contributed by atoms with Crippen molar-refractivity contribution in [3.63, 3.8) is 0 Å². The molecule has 2 unspecified atom stereocenters. The molecule has 1 aliphatic heterocycles. The highest BCUT2D eigenvalue weighted by Crippen LogP contribution is 2.70. The molecule has 2 aromatic heterocycles. The van der Waals surface area contributed by atoms with Crippen LogP contribution in [0.2, 0.25) is 0 Å². The maximum absolute atomic E-state index is 14.9. The first-order chi connectivity index (χ1) is 12.3. The van der Waals surface area contributed by atoms with Crippen LogP contribution in [0, 0.1) is 12.8 Å². The number of hydrogen-bond donors (Lipinski definition) is 0. The zero-order chi connectivity index (χ0) is 18.7. The molecule has 0 aromatic carbocycles. The van der Waals surface area contributed by atoms with E-state index in [4.69, 9.17) is 4.52 Å². The molecule has 0 amide bonds. The number of pyridine rings is 1. The molecule has 2 fully saturated rings. The van der Waals surface area contributed by atoms with Gasteiger partial charge in [-0.05, 0) is 25.0 Å². The molecule has 0 bridgehead atoms. The molecule has 26 heavy (non-hydrogen) atoms. The Balaban J connectivity index is 1.63. The molecule has 5 nitrogen and oxygen atoms in total. The van der Waals surface area contributed by atoms with Crippen LogP contribution in [-0.2, 0) is 5.41 Å². The van der Waals surface area contributed by atoms with Gasteiger partial charge >= 0.3 is 0 Å². The fraction of sp³-hybridized carbons (Fsp3) is 0.474. The number of aromatic nitrogens is 2. The first kappa shape index (κ1) is 17.0. The Hall–Kier alpha value is -2.44. The summed E-state index contributed by atoms with van der Waals surface area (Å²) in [6, 6.07) is 5.34. The summed E-state index contributed by atoms with van der Waals surface area (Å²) in [6.45, 7) is 6.68. The van der Waals surface area contributed by atoms with Crippen molar-refractivity contribution in [2.24, 2.45) is 5.92 Å². The third kappa shape index (κ3) is 2.19. The number of fused-ring (bicyclic) bond motifs is 1. The molecule has 2 atom stereocenters. The molecule has 0 radical (unpaired) electrons. The number of rotatable bonds is 4. The van der Waals surface area contributed by atoms with Crippen LogP contribution in [0.25, 0.3) is 5.70 Å². The molecular formula is C19H22F2N4O. The van der Waals surface area contributed by atoms with Crippen molar-refractivity contribution in [1.82, 2.24) is 15.0 Å². The van der Waals surface area contributed by atoms with Gasteiger partial charge in [0.1, 0.15) is 17.8 Å². The van der Waals surface area contributed by atoms with Crippen molar-refractivity contribution >= 4 is 11.5 Å². The second-order valence-corrected chi connectivity index (χ2v) is 7.41. The van der Waals surface area contributed by atoms with Crippen molar-refractivity contribution in [2.75, 3.05) is 32.1 Å². The van der Waals surface area contributed by atoms with Crippen LogP contribution >= 0.6 is 0 Å². The summed E-state index contributed by atoms with van der Waals surface area (Å²) >= 11 is 0. The molecule has 4 rings (SSSR count). The van der Waals surface area contributed by atoms with Crippen LogP contribution in [0.1, 0.15) is 23.4 Å². The van der Waals surface area contributed by atoms with Gasteiger partial charge in [0, 0.05) is 33.3 Å². The number of alkyl halides is 2. The van der Waals surface area contributed by atoms with Crippen LogP contribution < -0.4 is 4.90 Å². The number of hydrogen-bond acceptors (Lipinski definition) is 5. The predicted molar refractivity (Wildman–Crippen MR) is 95.1 cm³/mol. The Morgan fingerprint density at radius 1 is 1.35 bits per heavy atom. The summed E-state index contributed by atoms with van der Waals surface area (Å²) < 4.78 is 34.7. The van der Waals surface area contributed by atoms with Gasteiger partial charge in [-0.15, -0.1) is 0 Å². The number of halogens is 2. The van der Waals surface area contributed by atoms with E-state index in [-0.39, 0.29) is 6.54 Å². The zero-order valence-corrected chi connectivity index (χ0v) is 15.2. The Bertz CT molecular complexity index is 849. The Kier molecular flexibility index (Phi) is 3.61. The van der Waals surface area contributed by atoms with Gasteiger partial charge in [0.2, 0.25) is 0 Å². The Morgan fingerprint density at radius 3 is 2.73 bits per heavy atom. The summed E-state index contributed by atoms with van der Waals surface area (Å²) in [5.74, 6) is -2.79. The van der Waals surface area contributed by atoms with Crippen LogP contribution in [0.3, 0.4) is 0 Å². The van der Waals surface area contributed by atoms with E-state index in [1.807, 2.05) is 36.9 Å². The van der Waals surface area contributed by atoms with Gasteiger partial charge in [0.05, 0.1) is 22.7 Å². The van der Waals surface area contributed by atoms with Gasteiger partial charge in [0.15, 0.2) is 0 Å². The fourth-order valence-electron chi connectivity index (χ4n) is 4.23. The van der Waals surface area contributed by atoms with E-state index >= 15 is 0 Å². The highest BCUT2D eigenvalue weighted by Gasteiger charge is 2.82. The SMILES string of the molecule is C=C(c1ccon1)N1CCC2(c3ccc(C)c(N(C)C)n3)C(C1)C2(F)F. The van der Waals surface area contributed by atoms with Crippen molar-refractivity contribution in [3.05, 3.63) is 48.0 Å². The predicted octanol–water partition coefficient (Wildman–Crippen LogP) is 3.32. The number of nitrogens with zero attached hydrogens (tertiary/aromatic N) is 4. The lowest BCUT2D eigenvalue weighted by molar-refractivity contribution is 0.0770. The topological polar surface area (TPSA) is 45.4 Å². The van der Waals surface area contributed by atoms with Crippen LogP contribution in [0.5, 0.6) is 0 Å². The zero-order valence-electron chi connectivity index (χ0n) is 15.2. The lowest BCUT2D eigenvalue weighted by Gasteiger charge is -2.32. The molecule has 1 saturated heterocycles. The molecule has 3 heterocycles. The lowest BCUT2D eigenvalue weighted by atomic mass is 9.90. The van der Waals surface area contributed by atoms with E-state index < -0.39 is 17.3 Å². The Labute approximate surface area is 151 Å². The highest BCUT2D eigenvalue weighted by atomic mass is 19.3. The maximum Gasteiger partial charge on any atom is 0.265 e. The first-order valence-electron chi connectivity index (χ1n) is 8.67. The van der Waals surface area contributed by atoms with Gasteiger partial charge < -0.3 is 14.3 Å². The number of piperidine rings is 1. The van der Waals surface area contributed by atoms with Crippen molar-refractivity contribution in [2.45, 2.75) is 24.7 Å². The van der Waals surface area contributed by atoms with Crippen molar-refractivity contribution < 1.29 is 13.3 Å². The summed E-state index contributed by atoms with van der Waals surface area (Å²) in [5.41, 5.74) is 1.51. The Morgan fingerprint density at radius 2 is 2.12 bits per heavy atom. The van der Waals surface area contributed by atoms with E-state index in [9.17, 15) is 8.78 Å². The normalized spacial score (nSPS) is 26.3. The minimum absolute atomic E-state index is 0.242. The van der Waals surface area contributed by atoms with E-state index in [0.29, 0.717) is 30.1 Å². The van der Waals surface area contributed by atoms with Gasteiger partial charge in [-0.2, -0.15) is 0 Å². The standard InChI is InChI=1S/C19H22F2N4O/c1-12-5-6-16(22-17(12)24(3)4)18-8-9-25(11-15(18)19(18,20)21)13(2)14-7-10-26-23-14/h5-7,10,15H,2,8-9,11H2,1,3-4H3. The molecule has 7 heteroatoms. The molecule has 1 saturated carbocycles. The summed E-state index contributed by atoms with van der Waals surface area (Å²) in [5, 5.41) is 3.86. The average molecular weight is 360 g/mol. The molecule has 2 aromatic rings. The van der Waals surface area contributed by atoms with Gasteiger partial charge in [-0.1, -0.05) is 17.8 Å². The first-order valence-corrected chi connectivity index (χ1v) is 8.67. The average Bonchev–Trinajstić information content (AvgIpc) is 2.97. The molecule has 1 aliphatic carbocycles. The highest BCUT2D eigenvalue weighted by molar-refractivity contribution is 5.59. The fourth-order valence-corrected chi connectivity index (χ4v) is 4.23. The molecule has 2 aliphatic rings. The number of anilines is 1. The number of likely N-dealkylation sites (tertiary alicyclic amines) is 1. The van der Waals surface area contributed by atoms with E-state index in [2.05, 4.69) is 16.7 Å². The van der Waals surface area contributed by atoms with Crippen molar-refractivity contribution in [1.29, 1.82) is 0 Å². The molecular weight excluding hydrogens is 338 g/mol.